The van der Waals surface area contributed by atoms with Crippen molar-refractivity contribution in [1.29, 1.82) is 0 Å². The summed E-state index contributed by atoms with van der Waals surface area (Å²) in [4.78, 5) is 4.26. The molecule has 4 nitrogen and oxygen atoms in total. The summed E-state index contributed by atoms with van der Waals surface area (Å²) >= 11 is 3.05. The number of hydrogen-bond acceptors (Lipinski definition) is 6. The van der Waals surface area contributed by atoms with Crippen molar-refractivity contribution in [3.63, 3.8) is 0 Å². The lowest BCUT2D eigenvalue weighted by Gasteiger charge is -1.93. The molecule has 0 fully saturated rings. The number of aromatic nitrogens is 2. The Bertz CT molecular complexity index is 438. The average Bonchev–Trinajstić information content (AvgIpc) is 2.83. The number of thioether (sulfide) groups is 1. The van der Waals surface area contributed by atoms with Crippen molar-refractivity contribution < 1.29 is 4.42 Å². The van der Waals surface area contributed by atoms with Gasteiger partial charge in [-0.15, -0.1) is 0 Å². The van der Waals surface area contributed by atoms with Gasteiger partial charge in [-0.25, -0.2) is 4.98 Å². The van der Waals surface area contributed by atoms with Crippen LogP contribution in [0.25, 0.3) is 0 Å². The molecule has 0 unspecified atom stereocenters. The van der Waals surface area contributed by atoms with Gasteiger partial charge in [0.2, 0.25) is 0 Å². The van der Waals surface area contributed by atoms with Gasteiger partial charge in [-0.2, -0.15) is 4.37 Å². The van der Waals surface area contributed by atoms with E-state index in [1.54, 1.807) is 11.8 Å². The third-order valence-electron chi connectivity index (χ3n) is 1.77. The Hall–Kier alpha value is -0.850. The number of aryl methyl sites for hydroxylation is 1. The SMILES string of the molecule is Cc1nsc(SCc2ccc(CN)o2)n1. The minimum Gasteiger partial charge on any atom is -0.464 e. The van der Waals surface area contributed by atoms with Gasteiger partial charge in [0, 0.05) is 0 Å². The molecule has 2 rings (SSSR count). The minimum absolute atomic E-state index is 0.447. The molecule has 0 radical (unpaired) electrons. The zero-order valence-electron chi connectivity index (χ0n) is 8.27. The Morgan fingerprint density at radius 1 is 1.47 bits per heavy atom. The van der Waals surface area contributed by atoms with Gasteiger partial charge in [-0.05, 0) is 30.6 Å². The molecular weight excluding hydrogens is 230 g/mol. The van der Waals surface area contributed by atoms with Gasteiger partial charge in [-0.3, -0.25) is 0 Å². The average molecular weight is 241 g/mol. The van der Waals surface area contributed by atoms with Crippen LogP contribution in [0.15, 0.2) is 20.9 Å². The van der Waals surface area contributed by atoms with Crippen LogP contribution in [0.5, 0.6) is 0 Å². The normalized spacial score (nSPS) is 10.8. The van der Waals surface area contributed by atoms with Gasteiger partial charge in [0.05, 0.1) is 12.3 Å². The van der Waals surface area contributed by atoms with E-state index < -0.39 is 0 Å². The third-order valence-corrected chi connectivity index (χ3v) is 3.71. The summed E-state index contributed by atoms with van der Waals surface area (Å²) in [6, 6.07) is 3.85. The van der Waals surface area contributed by atoms with E-state index in [-0.39, 0.29) is 0 Å². The largest absolute Gasteiger partial charge is 0.464 e. The van der Waals surface area contributed by atoms with Gasteiger partial charge in [0.25, 0.3) is 0 Å². The molecule has 2 heterocycles. The van der Waals surface area contributed by atoms with Crippen molar-refractivity contribution >= 4 is 23.3 Å². The summed E-state index contributed by atoms with van der Waals surface area (Å²) in [5.41, 5.74) is 5.45. The van der Waals surface area contributed by atoms with Crippen LogP contribution in [0, 0.1) is 6.92 Å². The van der Waals surface area contributed by atoms with Crippen molar-refractivity contribution in [2.24, 2.45) is 5.73 Å². The third kappa shape index (κ3) is 2.80. The Balaban J connectivity index is 1.93. The fraction of sp³-hybridized carbons (Fsp3) is 0.333. The van der Waals surface area contributed by atoms with Crippen LogP contribution in [-0.4, -0.2) is 9.36 Å². The Kier molecular flexibility index (Phi) is 3.40. The van der Waals surface area contributed by atoms with E-state index in [0.29, 0.717) is 6.54 Å². The molecule has 0 amide bonds. The van der Waals surface area contributed by atoms with Crippen LogP contribution >= 0.6 is 23.3 Å². The van der Waals surface area contributed by atoms with Crippen LogP contribution in [0.1, 0.15) is 17.3 Å². The zero-order chi connectivity index (χ0) is 10.7. The molecule has 0 spiro atoms. The predicted octanol–water partition coefficient (Wildman–Crippen LogP) is 2.19. The summed E-state index contributed by atoms with van der Waals surface area (Å²) in [5, 5.41) is 0. The lowest BCUT2D eigenvalue weighted by atomic mass is 10.4. The molecule has 0 aliphatic rings. The molecule has 0 aromatic carbocycles. The maximum atomic E-state index is 5.47. The van der Waals surface area contributed by atoms with Crippen molar-refractivity contribution in [3.8, 4) is 0 Å². The lowest BCUT2D eigenvalue weighted by Crippen LogP contribution is -1.92. The van der Waals surface area contributed by atoms with E-state index in [9.17, 15) is 0 Å². The molecule has 6 heteroatoms. The fourth-order valence-corrected chi connectivity index (χ4v) is 2.62. The molecule has 2 N–H and O–H groups in total. The predicted molar refractivity (Wildman–Crippen MR) is 60.8 cm³/mol. The Morgan fingerprint density at radius 2 is 2.27 bits per heavy atom. The summed E-state index contributed by atoms with van der Waals surface area (Å²) in [6.07, 6.45) is 0. The maximum Gasteiger partial charge on any atom is 0.170 e. The highest BCUT2D eigenvalue weighted by atomic mass is 32.2. The summed E-state index contributed by atoms with van der Waals surface area (Å²) in [7, 11) is 0. The summed E-state index contributed by atoms with van der Waals surface area (Å²) in [6.45, 7) is 2.34. The topological polar surface area (TPSA) is 64.9 Å². The molecule has 0 saturated heterocycles. The van der Waals surface area contributed by atoms with Gasteiger partial charge in [0.15, 0.2) is 4.34 Å². The van der Waals surface area contributed by atoms with Gasteiger partial charge in [0.1, 0.15) is 17.3 Å². The van der Waals surface area contributed by atoms with Crippen molar-refractivity contribution in [1.82, 2.24) is 9.36 Å². The van der Waals surface area contributed by atoms with Crippen LogP contribution in [-0.2, 0) is 12.3 Å². The standard InChI is InChI=1S/C9H11N3OS2/c1-6-11-9(15-12-6)14-5-8-3-2-7(4-10)13-8/h2-3H,4-5,10H2,1H3. The summed E-state index contributed by atoms with van der Waals surface area (Å²) in [5.74, 6) is 3.34. The molecule has 0 aliphatic carbocycles. The second kappa shape index (κ2) is 4.78. The van der Waals surface area contributed by atoms with Crippen molar-refractivity contribution in [2.45, 2.75) is 23.6 Å². The highest BCUT2D eigenvalue weighted by Gasteiger charge is 2.04. The smallest absolute Gasteiger partial charge is 0.170 e. The minimum atomic E-state index is 0.447. The van der Waals surface area contributed by atoms with E-state index in [1.807, 2.05) is 19.1 Å². The van der Waals surface area contributed by atoms with Crippen molar-refractivity contribution in [2.75, 3.05) is 0 Å². The van der Waals surface area contributed by atoms with Crippen molar-refractivity contribution in [3.05, 3.63) is 29.5 Å². The number of rotatable bonds is 4. The second-order valence-electron chi connectivity index (χ2n) is 2.97. The second-order valence-corrected chi connectivity index (χ2v) is 4.94. The molecule has 0 atom stereocenters. The van der Waals surface area contributed by atoms with Crippen LogP contribution in [0.3, 0.4) is 0 Å². The molecule has 80 valence electrons. The van der Waals surface area contributed by atoms with E-state index in [4.69, 9.17) is 10.2 Å². The van der Waals surface area contributed by atoms with Crippen LogP contribution in [0.4, 0.5) is 0 Å². The first-order valence-electron chi connectivity index (χ1n) is 4.48. The van der Waals surface area contributed by atoms with Crippen LogP contribution < -0.4 is 5.73 Å². The van der Waals surface area contributed by atoms with Crippen LogP contribution in [0.2, 0.25) is 0 Å². The molecular formula is C9H11N3OS2. The molecule has 2 aromatic rings. The number of furan rings is 1. The van der Waals surface area contributed by atoms with Gasteiger partial charge >= 0.3 is 0 Å². The molecule has 0 aliphatic heterocycles. The zero-order valence-corrected chi connectivity index (χ0v) is 9.90. The molecule has 2 aromatic heterocycles. The summed E-state index contributed by atoms with van der Waals surface area (Å²) < 4.78 is 10.6. The first kappa shape index (κ1) is 10.7. The molecule has 0 bridgehead atoms. The van der Waals surface area contributed by atoms with E-state index in [1.165, 1.54) is 11.5 Å². The highest BCUT2D eigenvalue weighted by molar-refractivity contribution is 8.00. The number of nitrogens with two attached hydrogens (primary N) is 1. The molecule has 0 saturated carbocycles. The van der Waals surface area contributed by atoms with E-state index in [0.717, 1.165) is 27.4 Å². The van der Waals surface area contributed by atoms with E-state index in [2.05, 4.69) is 9.36 Å². The van der Waals surface area contributed by atoms with Gasteiger partial charge < -0.3 is 10.2 Å². The first-order chi connectivity index (χ1) is 7.28. The number of hydrogen-bond donors (Lipinski definition) is 1. The lowest BCUT2D eigenvalue weighted by molar-refractivity contribution is 0.482. The monoisotopic (exact) mass is 241 g/mol. The van der Waals surface area contributed by atoms with Gasteiger partial charge in [-0.1, -0.05) is 11.8 Å². The highest BCUT2D eigenvalue weighted by Crippen LogP contribution is 2.24. The Morgan fingerprint density at radius 3 is 2.87 bits per heavy atom. The number of nitrogens with zero attached hydrogens (tertiary/aromatic N) is 2. The fourth-order valence-electron chi connectivity index (χ4n) is 1.08. The Labute approximate surface area is 96.1 Å². The quantitative estimate of drug-likeness (QED) is 0.831. The van der Waals surface area contributed by atoms with E-state index >= 15 is 0 Å². The first-order valence-corrected chi connectivity index (χ1v) is 6.24. The molecule has 15 heavy (non-hydrogen) atoms. The maximum absolute atomic E-state index is 5.47.